The molecule has 0 spiro atoms. The zero-order valence-corrected chi connectivity index (χ0v) is 5.36. The summed E-state index contributed by atoms with van der Waals surface area (Å²) in [6.07, 6.45) is 0. The van der Waals surface area contributed by atoms with Crippen LogP contribution in [-0.4, -0.2) is 23.9 Å². The summed E-state index contributed by atoms with van der Waals surface area (Å²) in [6.45, 7) is 0. The Kier molecular flexibility index (Phi) is 1.31. The Hall–Kier alpha value is -1.05. The van der Waals surface area contributed by atoms with Crippen molar-refractivity contribution in [2.24, 2.45) is 0 Å². The molecule has 0 amide bonds. The molecule has 2 rings (SSSR count). The van der Waals surface area contributed by atoms with Crippen LogP contribution in [0.4, 0.5) is 0 Å². The van der Waals surface area contributed by atoms with Crippen molar-refractivity contribution in [2.75, 3.05) is 0 Å². The number of rotatable bonds is 0. The zero-order chi connectivity index (χ0) is 6.81. The van der Waals surface area contributed by atoms with E-state index in [4.69, 9.17) is 0 Å². The van der Waals surface area contributed by atoms with Crippen LogP contribution >= 0.6 is 0 Å². The molecule has 2 aromatic rings. The predicted molar refractivity (Wildman–Crippen MR) is 42.2 cm³/mol. The molecule has 0 bridgehead atoms. The molecule has 1 heterocycles. The summed E-state index contributed by atoms with van der Waals surface area (Å²) >= 11 is 0. The van der Waals surface area contributed by atoms with Gasteiger partial charge in [0.15, 0.2) is 0 Å². The second-order valence-electron chi connectivity index (χ2n) is 2.08. The van der Waals surface area contributed by atoms with Gasteiger partial charge in [-0.05, 0) is 0 Å². The molecule has 0 radical (unpaired) electrons. The van der Waals surface area contributed by atoms with Crippen molar-refractivity contribution in [1.82, 2.24) is 9.69 Å². The van der Waals surface area contributed by atoms with Crippen LogP contribution in [0.15, 0.2) is 24.3 Å². The first-order chi connectivity index (χ1) is 4.97. The fourth-order valence-electron chi connectivity index (χ4n) is 0.923. The zero-order valence-electron chi connectivity index (χ0n) is 5.36. The van der Waals surface area contributed by atoms with Gasteiger partial charge in [-0.25, -0.2) is 0 Å². The van der Waals surface area contributed by atoms with E-state index in [0.717, 1.165) is 10.8 Å². The standard InChI is InChI=1S/C6H4B2N2/c1-2-4-6-5(3-1)7-10-8-9-6/h1-4H. The first-order valence-electron chi connectivity index (χ1n) is 3.11. The van der Waals surface area contributed by atoms with E-state index >= 15 is 0 Å². The second kappa shape index (κ2) is 2.29. The summed E-state index contributed by atoms with van der Waals surface area (Å²) in [7, 11) is 3.37. The van der Waals surface area contributed by atoms with Crippen LogP contribution in [0, 0.1) is 0 Å². The summed E-state index contributed by atoms with van der Waals surface area (Å²) < 4.78 is 0. The number of aromatic nitrogens is 2. The third-order valence-electron chi connectivity index (χ3n) is 1.41. The molecule has 1 aromatic carbocycles. The van der Waals surface area contributed by atoms with Crippen LogP contribution in [0.5, 0.6) is 0 Å². The van der Waals surface area contributed by atoms with Crippen LogP contribution in [0.2, 0.25) is 0 Å². The van der Waals surface area contributed by atoms with E-state index in [1.807, 2.05) is 31.3 Å². The summed E-state index contributed by atoms with van der Waals surface area (Å²) in [5.41, 5.74) is 0.998. The number of hydrogen-bond acceptors (Lipinski definition) is 2. The number of nitrogens with zero attached hydrogens (tertiary/aromatic N) is 2. The molecule has 0 aliphatic heterocycles. The minimum absolute atomic E-state index is 0.998. The van der Waals surface area contributed by atoms with Gasteiger partial charge in [0.05, 0.1) is 0 Å². The van der Waals surface area contributed by atoms with Gasteiger partial charge in [0, 0.05) is 0 Å². The van der Waals surface area contributed by atoms with Crippen LogP contribution < -0.4 is 0 Å². The third-order valence-corrected chi connectivity index (χ3v) is 1.41. The Labute approximate surface area is 59.8 Å². The molecule has 0 unspecified atom stereocenters. The monoisotopic (exact) mass is 126 g/mol. The Morgan fingerprint density at radius 1 is 1.20 bits per heavy atom. The molecule has 1 aromatic heterocycles. The molecule has 2 nitrogen and oxygen atoms in total. The molecule has 0 N–H and O–H groups in total. The molecule has 0 aliphatic carbocycles. The van der Waals surface area contributed by atoms with E-state index in [0.29, 0.717) is 0 Å². The van der Waals surface area contributed by atoms with Gasteiger partial charge in [-0.15, -0.1) is 0 Å². The fraction of sp³-hybridized carbons (Fsp3) is 0. The number of benzene rings is 1. The van der Waals surface area contributed by atoms with E-state index in [-0.39, 0.29) is 0 Å². The minimum atomic E-state index is 0.998. The molecule has 0 saturated heterocycles. The number of hydrogen-bond donors (Lipinski definition) is 0. The molecular formula is C6H4B2N2. The summed E-state index contributed by atoms with van der Waals surface area (Å²) in [5.74, 6) is 0. The van der Waals surface area contributed by atoms with Gasteiger partial charge in [-0.3, -0.25) is 0 Å². The van der Waals surface area contributed by atoms with E-state index in [2.05, 4.69) is 9.69 Å². The molecule has 0 fully saturated rings. The Balaban J connectivity index is 2.89. The average molecular weight is 126 g/mol. The average Bonchev–Trinajstić information content (AvgIpc) is 2.05. The van der Waals surface area contributed by atoms with Crippen molar-refractivity contribution >= 4 is 25.0 Å². The molecule has 44 valence electrons. The summed E-state index contributed by atoms with van der Waals surface area (Å²) in [6, 6.07) is 7.91. The fourth-order valence-corrected chi connectivity index (χ4v) is 0.923. The first-order valence-corrected chi connectivity index (χ1v) is 3.11. The summed E-state index contributed by atoms with van der Waals surface area (Å²) in [4.78, 5) is 7.97. The summed E-state index contributed by atoms with van der Waals surface area (Å²) in [5, 5.41) is 1.09. The second-order valence-corrected chi connectivity index (χ2v) is 2.08. The van der Waals surface area contributed by atoms with Gasteiger partial charge < -0.3 is 0 Å². The van der Waals surface area contributed by atoms with E-state index in [1.54, 1.807) is 7.19 Å². The van der Waals surface area contributed by atoms with E-state index in [1.165, 1.54) is 0 Å². The molecule has 10 heavy (non-hydrogen) atoms. The maximum absolute atomic E-state index is 4.07. The van der Waals surface area contributed by atoms with Gasteiger partial charge in [-0.1, -0.05) is 0 Å². The van der Waals surface area contributed by atoms with Gasteiger partial charge >= 0.3 is 59.0 Å². The van der Waals surface area contributed by atoms with Crippen molar-refractivity contribution in [1.29, 1.82) is 0 Å². The van der Waals surface area contributed by atoms with Gasteiger partial charge in [0.2, 0.25) is 0 Å². The molecule has 0 aliphatic rings. The normalized spacial score (nSPS) is 9.20. The van der Waals surface area contributed by atoms with E-state index in [9.17, 15) is 0 Å². The van der Waals surface area contributed by atoms with Crippen molar-refractivity contribution in [2.45, 2.75) is 0 Å². The Bertz CT molecular complexity index is 285. The molecule has 0 saturated carbocycles. The SMILES string of the molecule is b1nbc2ccccc2n1. The van der Waals surface area contributed by atoms with Gasteiger partial charge in [0.25, 0.3) is 0 Å². The van der Waals surface area contributed by atoms with Crippen molar-refractivity contribution in [3.63, 3.8) is 0 Å². The third kappa shape index (κ3) is 0.856. The van der Waals surface area contributed by atoms with Crippen molar-refractivity contribution in [3.05, 3.63) is 24.3 Å². The molecular weight excluding hydrogens is 122 g/mol. The molecule has 4 heteroatoms. The van der Waals surface area contributed by atoms with Crippen molar-refractivity contribution in [3.8, 4) is 0 Å². The van der Waals surface area contributed by atoms with Gasteiger partial charge in [-0.2, -0.15) is 0 Å². The van der Waals surface area contributed by atoms with Gasteiger partial charge in [0.1, 0.15) is 0 Å². The van der Waals surface area contributed by atoms with Crippen LogP contribution in [-0.2, 0) is 0 Å². The Morgan fingerprint density at radius 2 is 2.10 bits per heavy atom. The van der Waals surface area contributed by atoms with Crippen LogP contribution in [0.25, 0.3) is 10.8 Å². The maximum atomic E-state index is 4.07. The van der Waals surface area contributed by atoms with Crippen LogP contribution in [0.3, 0.4) is 0 Å². The Morgan fingerprint density at radius 3 is 3.00 bits per heavy atom. The first kappa shape index (κ1) is 5.71. The molecule has 0 atom stereocenters. The van der Waals surface area contributed by atoms with Crippen molar-refractivity contribution < 1.29 is 0 Å². The predicted octanol–water partition coefficient (Wildman–Crippen LogP) is 0.306. The topological polar surface area (TPSA) is 25.8 Å². The van der Waals surface area contributed by atoms with Crippen LogP contribution in [0.1, 0.15) is 0 Å². The number of fused-ring (bicyclic) bond motifs is 1. The van der Waals surface area contributed by atoms with E-state index < -0.39 is 0 Å². The quantitative estimate of drug-likeness (QED) is 0.507.